The molecule has 0 unspecified atom stereocenters. The first-order valence-electron chi connectivity index (χ1n) is 9.82. The number of nitrogens with zero attached hydrogens (tertiary/aromatic N) is 5. The standard InChI is InChI=1S/C24H21N5O2/c1-2-3-14-31-21-9-7-19(8-10-21)17-28(18-20-6-4-11-25-15-20)24(30)22-16-27-29-13-5-12-26-23(22)29/h4-13,15-16H,14,17-18H2,1H3. The SMILES string of the molecule is CC#CCOc1ccc(CN(Cc2cccnc2)C(=O)c2cnn3cccnc23)cc1. The number of amides is 1. The van der Waals surface area contributed by atoms with Gasteiger partial charge in [-0.1, -0.05) is 24.1 Å². The van der Waals surface area contributed by atoms with Crippen molar-refractivity contribution < 1.29 is 9.53 Å². The van der Waals surface area contributed by atoms with E-state index in [1.54, 1.807) is 53.4 Å². The quantitative estimate of drug-likeness (QED) is 0.436. The van der Waals surface area contributed by atoms with Gasteiger partial charge in [0.2, 0.25) is 0 Å². The van der Waals surface area contributed by atoms with Crippen molar-refractivity contribution in [2.75, 3.05) is 6.61 Å². The van der Waals surface area contributed by atoms with Crippen LogP contribution in [0.3, 0.4) is 0 Å². The van der Waals surface area contributed by atoms with Gasteiger partial charge in [0.05, 0.1) is 6.20 Å². The Morgan fingerprint density at radius 3 is 2.68 bits per heavy atom. The van der Waals surface area contributed by atoms with Gasteiger partial charge in [-0.15, -0.1) is 5.92 Å². The lowest BCUT2D eigenvalue weighted by Crippen LogP contribution is -2.30. The summed E-state index contributed by atoms with van der Waals surface area (Å²) < 4.78 is 7.17. The Kier molecular flexibility index (Phi) is 6.19. The fourth-order valence-corrected chi connectivity index (χ4v) is 3.16. The molecule has 0 bridgehead atoms. The van der Waals surface area contributed by atoms with Gasteiger partial charge in [-0.05, 0) is 42.3 Å². The first-order valence-corrected chi connectivity index (χ1v) is 9.82. The van der Waals surface area contributed by atoms with Gasteiger partial charge in [-0.3, -0.25) is 9.78 Å². The molecular weight excluding hydrogens is 390 g/mol. The van der Waals surface area contributed by atoms with Gasteiger partial charge in [0, 0.05) is 37.9 Å². The maximum absolute atomic E-state index is 13.4. The Bertz CT molecular complexity index is 1220. The Morgan fingerprint density at radius 1 is 1.06 bits per heavy atom. The number of pyridine rings is 1. The molecule has 1 aromatic carbocycles. The lowest BCUT2D eigenvalue weighted by Gasteiger charge is -2.22. The molecule has 7 heteroatoms. The van der Waals surface area contributed by atoms with Gasteiger partial charge in [-0.2, -0.15) is 5.10 Å². The van der Waals surface area contributed by atoms with Crippen molar-refractivity contribution in [2.24, 2.45) is 0 Å². The molecule has 154 valence electrons. The van der Waals surface area contributed by atoms with Crippen LogP contribution in [0.2, 0.25) is 0 Å². The summed E-state index contributed by atoms with van der Waals surface area (Å²) in [5.41, 5.74) is 2.92. The minimum absolute atomic E-state index is 0.143. The van der Waals surface area contributed by atoms with Gasteiger partial charge in [0.1, 0.15) is 17.9 Å². The maximum atomic E-state index is 13.4. The number of carbonyl (C=O) groups excluding carboxylic acids is 1. The van der Waals surface area contributed by atoms with Crippen LogP contribution in [0.4, 0.5) is 0 Å². The smallest absolute Gasteiger partial charge is 0.259 e. The Labute approximate surface area is 180 Å². The van der Waals surface area contributed by atoms with Crippen LogP contribution in [0.15, 0.2) is 73.4 Å². The molecule has 0 fully saturated rings. The van der Waals surface area contributed by atoms with Crippen molar-refractivity contribution >= 4 is 11.6 Å². The van der Waals surface area contributed by atoms with E-state index in [0.29, 0.717) is 30.9 Å². The first-order chi connectivity index (χ1) is 15.2. The number of carbonyl (C=O) groups is 1. The van der Waals surface area contributed by atoms with E-state index in [1.165, 1.54) is 0 Å². The van der Waals surface area contributed by atoms with Crippen LogP contribution >= 0.6 is 0 Å². The second-order valence-corrected chi connectivity index (χ2v) is 6.83. The molecule has 4 aromatic rings. The van der Waals surface area contributed by atoms with E-state index < -0.39 is 0 Å². The minimum atomic E-state index is -0.143. The predicted octanol–water partition coefficient (Wildman–Crippen LogP) is 3.37. The van der Waals surface area contributed by atoms with Crippen molar-refractivity contribution in [1.82, 2.24) is 24.5 Å². The Hall–Kier alpha value is -4.18. The molecule has 0 aliphatic rings. The second-order valence-electron chi connectivity index (χ2n) is 6.83. The summed E-state index contributed by atoms with van der Waals surface area (Å²) in [4.78, 5) is 23.7. The summed E-state index contributed by atoms with van der Waals surface area (Å²) in [6.45, 7) is 2.97. The Balaban J connectivity index is 1.58. The van der Waals surface area contributed by atoms with E-state index >= 15 is 0 Å². The van der Waals surface area contributed by atoms with Crippen molar-refractivity contribution in [2.45, 2.75) is 20.0 Å². The first kappa shape index (κ1) is 20.1. The molecule has 0 spiro atoms. The van der Waals surface area contributed by atoms with E-state index in [4.69, 9.17) is 4.74 Å². The number of aromatic nitrogens is 4. The predicted molar refractivity (Wildman–Crippen MR) is 116 cm³/mol. The van der Waals surface area contributed by atoms with Gasteiger partial charge in [0.15, 0.2) is 5.65 Å². The highest BCUT2D eigenvalue weighted by molar-refractivity contribution is 5.99. The minimum Gasteiger partial charge on any atom is -0.481 e. The fraction of sp³-hybridized carbons (Fsp3) is 0.167. The third kappa shape index (κ3) is 4.87. The van der Waals surface area contributed by atoms with Crippen LogP contribution in [0.5, 0.6) is 5.75 Å². The Morgan fingerprint density at radius 2 is 1.90 bits per heavy atom. The van der Waals surface area contributed by atoms with Gasteiger partial charge in [-0.25, -0.2) is 9.50 Å². The topological polar surface area (TPSA) is 72.6 Å². The van der Waals surface area contributed by atoms with Gasteiger partial charge < -0.3 is 9.64 Å². The summed E-state index contributed by atoms with van der Waals surface area (Å²) in [5.74, 6) is 6.27. The number of hydrogen-bond donors (Lipinski definition) is 0. The lowest BCUT2D eigenvalue weighted by molar-refractivity contribution is 0.0731. The highest BCUT2D eigenvalue weighted by Gasteiger charge is 2.21. The van der Waals surface area contributed by atoms with Crippen LogP contribution in [0, 0.1) is 11.8 Å². The number of fused-ring (bicyclic) bond motifs is 1. The molecule has 7 nitrogen and oxygen atoms in total. The molecule has 0 atom stereocenters. The number of rotatable bonds is 7. The van der Waals surface area contributed by atoms with E-state index in [-0.39, 0.29) is 5.91 Å². The summed E-state index contributed by atoms with van der Waals surface area (Å²) in [6.07, 6.45) is 8.46. The number of ether oxygens (including phenoxy) is 1. The third-order valence-electron chi connectivity index (χ3n) is 4.68. The monoisotopic (exact) mass is 411 g/mol. The average Bonchev–Trinajstić information content (AvgIpc) is 3.24. The molecule has 0 saturated heterocycles. The molecule has 0 saturated carbocycles. The molecule has 0 radical (unpaired) electrons. The zero-order valence-electron chi connectivity index (χ0n) is 17.1. The highest BCUT2D eigenvalue weighted by atomic mass is 16.5. The van der Waals surface area contributed by atoms with Crippen molar-refractivity contribution in [3.8, 4) is 17.6 Å². The average molecular weight is 411 g/mol. The molecule has 0 N–H and O–H groups in total. The van der Waals surface area contributed by atoms with Crippen molar-refractivity contribution in [1.29, 1.82) is 0 Å². The van der Waals surface area contributed by atoms with Crippen LogP contribution in [-0.4, -0.2) is 37.0 Å². The van der Waals surface area contributed by atoms with E-state index in [1.807, 2.05) is 36.4 Å². The maximum Gasteiger partial charge on any atom is 0.259 e. The molecule has 31 heavy (non-hydrogen) atoms. The third-order valence-corrected chi connectivity index (χ3v) is 4.68. The second kappa shape index (κ2) is 9.55. The van der Waals surface area contributed by atoms with Crippen LogP contribution < -0.4 is 4.74 Å². The number of hydrogen-bond acceptors (Lipinski definition) is 5. The number of benzene rings is 1. The summed E-state index contributed by atoms with van der Waals surface area (Å²) in [7, 11) is 0. The molecule has 4 rings (SSSR count). The van der Waals surface area contributed by atoms with Crippen LogP contribution in [-0.2, 0) is 13.1 Å². The largest absolute Gasteiger partial charge is 0.481 e. The molecule has 0 aliphatic carbocycles. The van der Waals surface area contributed by atoms with Crippen LogP contribution in [0.1, 0.15) is 28.4 Å². The summed E-state index contributed by atoms with van der Waals surface area (Å²) >= 11 is 0. The fourth-order valence-electron chi connectivity index (χ4n) is 3.16. The summed E-state index contributed by atoms with van der Waals surface area (Å²) in [6, 6.07) is 13.3. The van der Waals surface area contributed by atoms with Crippen LogP contribution in [0.25, 0.3) is 5.65 Å². The molecule has 3 aromatic heterocycles. The van der Waals surface area contributed by atoms with E-state index in [0.717, 1.165) is 16.9 Å². The lowest BCUT2D eigenvalue weighted by atomic mass is 10.1. The van der Waals surface area contributed by atoms with Gasteiger partial charge >= 0.3 is 0 Å². The van der Waals surface area contributed by atoms with Gasteiger partial charge in [0.25, 0.3) is 5.91 Å². The highest BCUT2D eigenvalue weighted by Crippen LogP contribution is 2.18. The molecule has 0 aliphatic heterocycles. The molecular formula is C24H21N5O2. The summed E-state index contributed by atoms with van der Waals surface area (Å²) in [5, 5.41) is 4.25. The van der Waals surface area contributed by atoms with Crippen molar-refractivity contribution in [3.05, 3.63) is 90.1 Å². The normalized spacial score (nSPS) is 10.4. The molecule has 3 heterocycles. The zero-order valence-corrected chi connectivity index (χ0v) is 17.1. The van der Waals surface area contributed by atoms with E-state index in [9.17, 15) is 4.79 Å². The molecule has 1 amide bonds. The van der Waals surface area contributed by atoms with E-state index in [2.05, 4.69) is 26.9 Å². The zero-order chi connectivity index (χ0) is 21.5. The van der Waals surface area contributed by atoms with Crippen molar-refractivity contribution in [3.63, 3.8) is 0 Å².